The van der Waals surface area contributed by atoms with Crippen LogP contribution < -0.4 is 10.2 Å². The number of thiazole rings is 1. The van der Waals surface area contributed by atoms with Gasteiger partial charge in [-0.3, -0.25) is 15.1 Å². The first-order valence-corrected chi connectivity index (χ1v) is 11.3. The SMILES string of the molecule is O=C(Nc1nc(C2CCCN2c2ccccc2)cs1)c1cccn1Cc1cccnc1. The molecule has 5 rings (SSSR count). The molecule has 7 heteroatoms. The standard InChI is InChI=1S/C24H23N5OS/c30-23(22-11-5-13-28(22)16-18-7-4-12-25-15-18)27-24-26-20(17-31-24)21-10-6-14-29(21)19-8-2-1-3-9-19/h1-5,7-9,11-13,15,17,21H,6,10,14,16H2,(H,26,27,30). The lowest BCUT2D eigenvalue weighted by atomic mass is 10.1. The van der Waals surface area contributed by atoms with Crippen molar-refractivity contribution >= 4 is 28.1 Å². The predicted molar refractivity (Wildman–Crippen MR) is 124 cm³/mol. The van der Waals surface area contributed by atoms with E-state index in [9.17, 15) is 4.79 Å². The minimum Gasteiger partial charge on any atom is -0.363 e. The molecule has 1 aliphatic rings. The number of benzene rings is 1. The Labute approximate surface area is 185 Å². The number of aromatic nitrogens is 3. The van der Waals surface area contributed by atoms with Gasteiger partial charge < -0.3 is 9.47 Å². The lowest BCUT2D eigenvalue weighted by molar-refractivity contribution is 0.101. The van der Waals surface area contributed by atoms with E-state index < -0.39 is 0 Å². The van der Waals surface area contributed by atoms with Gasteiger partial charge in [-0.25, -0.2) is 4.98 Å². The summed E-state index contributed by atoms with van der Waals surface area (Å²) in [6.07, 6.45) is 7.68. The van der Waals surface area contributed by atoms with Gasteiger partial charge in [-0.2, -0.15) is 0 Å². The molecule has 0 saturated carbocycles. The summed E-state index contributed by atoms with van der Waals surface area (Å²) in [5.41, 5.74) is 3.89. The molecule has 0 bridgehead atoms. The van der Waals surface area contributed by atoms with Crippen molar-refractivity contribution < 1.29 is 4.79 Å². The smallest absolute Gasteiger partial charge is 0.274 e. The summed E-state index contributed by atoms with van der Waals surface area (Å²) in [5.74, 6) is -0.152. The Morgan fingerprint density at radius 1 is 1.13 bits per heavy atom. The minimum absolute atomic E-state index is 0.152. The van der Waals surface area contributed by atoms with Crippen LogP contribution in [0, 0.1) is 0 Å². The first-order valence-electron chi connectivity index (χ1n) is 10.4. The third-order valence-corrected chi connectivity index (χ3v) is 6.34. The van der Waals surface area contributed by atoms with Gasteiger partial charge in [0.1, 0.15) is 5.69 Å². The second-order valence-electron chi connectivity index (χ2n) is 7.60. The van der Waals surface area contributed by atoms with Crippen molar-refractivity contribution in [2.45, 2.75) is 25.4 Å². The van der Waals surface area contributed by atoms with Gasteiger partial charge in [0, 0.05) is 42.7 Å². The van der Waals surface area contributed by atoms with Crippen LogP contribution in [-0.2, 0) is 6.54 Å². The van der Waals surface area contributed by atoms with Crippen molar-refractivity contribution in [2.75, 3.05) is 16.8 Å². The number of carbonyl (C=O) groups is 1. The molecular formula is C24H23N5OS. The summed E-state index contributed by atoms with van der Waals surface area (Å²) >= 11 is 1.48. The summed E-state index contributed by atoms with van der Waals surface area (Å²) < 4.78 is 1.93. The Balaban J connectivity index is 1.29. The summed E-state index contributed by atoms with van der Waals surface area (Å²) in [7, 11) is 0. The van der Waals surface area contributed by atoms with Crippen LogP contribution in [0.2, 0.25) is 0 Å². The number of pyridine rings is 1. The maximum absolute atomic E-state index is 12.9. The molecule has 0 radical (unpaired) electrons. The Morgan fingerprint density at radius 2 is 2.03 bits per heavy atom. The van der Waals surface area contributed by atoms with Crippen LogP contribution in [0.1, 0.15) is 40.6 Å². The van der Waals surface area contributed by atoms with Crippen molar-refractivity contribution in [2.24, 2.45) is 0 Å². The minimum atomic E-state index is -0.152. The fourth-order valence-electron chi connectivity index (χ4n) is 4.11. The van der Waals surface area contributed by atoms with Gasteiger partial charge in [-0.05, 0) is 48.7 Å². The van der Waals surface area contributed by atoms with Crippen LogP contribution in [0.4, 0.5) is 10.8 Å². The zero-order chi connectivity index (χ0) is 21.0. The lowest BCUT2D eigenvalue weighted by Gasteiger charge is -2.25. The van der Waals surface area contributed by atoms with Gasteiger partial charge >= 0.3 is 0 Å². The van der Waals surface area contributed by atoms with Crippen LogP contribution in [0.5, 0.6) is 0 Å². The van der Waals surface area contributed by atoms with Gasteiger partial charge in [0.25, 0.3) is 5.91 Å². The molecule has 6 nitrogen and oxygen atoms in total. The Kier molecular flexibility index (Phi) is 5.50. The highest BCUT2D eigenvalue weighted by molar-refractivity contribution is 7.14. The number of hydrogen-bond donors (Lipinski definition) is 1. The average Bonchev–Trinajstić information content (AvgIpc) is 3.56. The fourth-order valence-corrected chi connectivity index (χ4v) is 4.86. The highest BCUT2D eigenvalue weighted by Gasteiger charge is 2.28. The molecule has 1 amide bonds. The second kappa shape index (κ2) is 8.73. The highest BCUT2D eigenvalue weighted by Crippen LogP contribution is 2.37. The molecule has 0 aliphatic carbocycles. The van der Waals surface area contributed by atoms with Gasteiger partial charge in [0.05, 0.1) is 11.7 Å². The number of hydrogen-bond acceptors (Lipinski definition) is 5. The summed E-state index contributed by atoms with van der Waals surface area (Å²) in [6.45, 7) is 1.62. The average molecular weight is 430 g/mol. The molecule has 156 valence electrons. The zero-order valence-corrected chi connectivity index (χ0v) is 17.8. The molecule has 1 saturated heterocycles. The summed E-state index contributed by atoms with van der Waals surface area (Å²) in [6, 6.07) is 18.3. The van der Waals surface area contributed by atoms with Gasteiger partial charge in [0.15, 0.2) is 5.13 Å². The number of carbonyl (C=O) groups excluding carboxylic acids is 1. The van der Waals surface area contributed by atoms with Crippen LogP contribution >= 0.6 is 11.3 Å². The number of nitrogens with one attached hydrogen (secondary N) is 1. The van der Waals surface area contributed by atoms with E-state index in [1.54, 1.807) is 6.20 Å². The highest BCUT2D eigenvalue weighted by atomic mass is 32.1. The van der Waals surface area contributed by atoms with Crippen LogP contribution in [-0.4, -0.2) is 27.0 Å². The van der Waals surface area contributed by atoms with Gasteiger partial charge in [-0.15, -0.1) is 11.3 Å². The largest absolute Gasteiger partial charge is 0.363 e. The van der Waals surface area contributed by atoms with Crippen molar-refractivity contribution in [1.29, 1.82) is 0 Å². The third kappa shape index (κ3) is 4.22. The van der Waals surface area contributed by atoms with Crippen LogP contribution in [0.15, 0.2) is 78.6 Å². The van der Waals surface area contributed by atoms with Crippen LogP contribution in [0.3, 0.4) is 0 Å². The van der Waals surface area contributed by atoms with Crippen LogP contribution in [0.25, 0.3) is 0 Å². The number of para-hydroxylation sites is 1. The number of rotatable bonds is 6. The van der Waals surface area contributed by atoms with E-state index in [2.05, 4.69) is 44.8 Å². The molecule has 4 aromatic rings. The molecule has 4 heterocycles. The molecule has 1 N–H and O–H groups in total. The Bertz CT molecular complexity index is 1150. The van der Waals surface area contributed by atoms with E-state index >= 15 is 0 Å². The summed E-state index contributed by atoms with van der Waals surface area (Å²) in [5, 5.41) is 5.68. The van der Waals surface area contributed by atoms with Crippen molar-refractivity contribution in [3.05, 3.63) is 95.5 Å². The number of anilines is 2. The molecule has 0 spiro atoms. The second-order valence-corrected chi connectivity index (χ2v) is 8.46. The quantitative estimate of drug-likeness (QED) is 0.469. The molecule has 1 atom stereocenters. The topological polar surface area (TPSA) is 63.1 Å². The van der Waals surface area contributed by atoms with E-state index in [1.807, 2.05) is 47.3 Å². The van der Waals surface area contributed by atoms with Gasteiger partial charge in [0.2, 0.25) is 0 Å². The molecule has 3 aromatic heterocycles. The maximum atomic E-state index is 12.9. The first-order chi connectivity index (χ1) is 15.3. The Hall–Kier alpha value is -3.45. The van der Waals surface area contributed by atoms with E-state index in [-0.39, 0.29) is 11.9 Å². The van der Waals surface area contributed by atoms with E-state index in [0.717, 1.165) is 30.6 Å². The van der Waals surface area contributed by atoms with Crippen molar-refractivity contribution in [1.82, 2.24) is 14.5 Å². The molecule has 31 heavy (non-hydrogen) atoms. The lowest BCUT2D eigenvalue weighted by Crippen LogP contribution is -2.22. The predicted octanol–water partition coefficient (Wildman–Crippen LogP) is 4.98. The maximum Gasteiger partial charge on any atom is 0.274 e. The molecule has 1 unspecified atom stereocenters. The van der Waals surface area contributed by atoms with E-state index in [1.165, 1.54) is 17.0 Å². The Morgan fingerprint density at radius 3 is 2.87 bits per heavy atom. The summed E-state index contributed by atoms with van der Waals surface area (Å²) in [4.78, 5) is 24.2. The fraction of sp³-hybridized carbons (Fsp3) is 0.208. The van der Waals surface area contributed by atoms with Crippen molar-refractivity contribution in [3.8, 4) is 0 Å². The molecule has 1 aliphatic heterocycles. The molecular weight excluding hydrogens is 406 g/mol. The molecule has 1 aromatic carbocycles. The van der Waals surface area contributed by atoms with E-state index in [0.29, 0.717) is 17.4 Å². The van der Waals surface area contributed by atoms with Gasteiger partial charge in [-0.1, -0.05) is 24.3 Å². The monoisotopic (exact) mass is 429 g/mol. The number of amides is 1. The zero-order valence-electron chi connectivity index (χ0n) is 17.0. The van der Waals surface area contributed by atoms with E-state index in [4.69, 9.17) is 4.98 Å². The normalized spacial score (nSPS) is 15.9. The third-order valence-electron chi connectivity index (χ3n) is 5.56. The first kappa shape index (κ1) is 19.5. The molecule has 1 fully saturated rings. The van der Waals surface area contributed by atoms with Crippen molar-refractivity contribution in [3.63, 3.8) is 0 Å². The number of nitrogens with zero attached hydrogens (tertiary/aromatic N) is 4.